The highest BCUT2D eigenvalue weighted by molar-refractivity contribution is 5.78. The van der Waals surface area contributed by atoms with Gasteiger partial charge >= 0.3 is 0 Å². The first-order valence-corrected chi connectivity index (χ1v) is 7.20. The summed E-state index contributed by atoms with van der Waals surface area (Å²) < 4.78 is 0. The SMILES string of the molecule is CCNC(c1cnc2ccccc2c1)C1CC1(C)C. The van der Waals surface area contributed by atoms with Gasteiger partial charge in [-0.15, -0.1) is 0 Å². The first-order valence-electron chi connectivity index (χ1n) is 7.20. The zero-order chi connectivity index (χ0) is 13.5. The summed E-state index contributed by atoms with van der Waals surface area (Å²) in [7, 11) is 0. The molecule has 1 fully saturated rings. The molecule has 0 spiro atoms. The predicted octanol–water partition coefficient (Wildman–Crippen LogP) is 3.93. The quantitative estimate of drug-likeness (QED) is 0.894. The Morgan fingerprint density at radius 3 is 2.79 bits per heavy atom. The standard InChI is InChI=1S/C17H22N2/c1-4-18-16(14-10-17(14,2)3)13-9-12-7-5-6-8-15(12)19-11-13/h5-9,11,14,16,18H,4,10H2,1-3H3. The molecule has 1 aromatic heterocycles. The second-order valence-electron chi connectivity index (χ2n) is 6.30. The van der Waals surface area contributed by atoms with Crippen LogP contribution < -0.4 is 5.32 Å². The van der Waals surface area contributed by atoms with Crippen LogP contribution in [0.25, 0.3) is 10.9 Å². The summed E-state index contributed by atoms with van der Waals surface area (Å²) in [5, 5.41) is 4.88. The van der Waals surface area contributed by atoms with Gasteiger partial charge in [-0.25, -0.2) is 0 Å². The fourth-order valence-corrected chi connectivity index (χ4v) is 3.05. The number of para-hydroxylation sites is 1. The van der Waals surface area contributed by atoms with E-state index >= 15 is 0 Å². The van der Waals surface area contributed by atoms with Gasteiger partial charge in [0.05, 0.1) is 5.52 Å². The lowest BCUT2D eigenvalue weighted by Gasteiger charge is -2.20. The maximum Gasteiger partial charge on any atom is 0.0702 e. The Kier molecular flexibility index (Phi) is 3.06. The first-order chi connectivity index (χ1) is 9.12. The van der Waals surface area contributed by atoms with Gasteiger partial charge in [-0.3, -0.25) is 4.98 Å². The van der Waals surface area contributed by atoms with Crippen LogP contribution in [0.1, 0.15) is 38.8 Å². The molecule has 1 aliphatic rings. The molecule has 1 aromatic carbocycles. The molecule has 2 aromatic rings. The van der Waals surface area contributed by atoms with E-state index in [-0.39, 0.29) is 0 Å². The van der Waals surface area contributed by atoms with Crippen molar-refractivity contribution in [3.8, 4) is 0 Å². The van der Waals surface area contributed by atoms with Crippen LogP contribution in [-0.2, 0) is 0 Å². The number of nitrogens with zero attached hydrogens (tertiary/aromatic N) is 1. The molecule has 19 heavy (non-hydrogen) atoms. The van der Waals surface area contributed by atoms with Crippen molar-refractivity contribution < 1.29 is 0 Å². The summed E-state index contributed by atoms with van der Waals surface area (Å²) in [5.41, 5.74) is 2.88. The Labute approximate surface area is 115 Å². The number of nitrogens with one attached hydrogen (secondary N) is 1. The highest BCUT2D eigenvalue weighted by Gasteiger charge is 2.50. The third-order valence-corrected chi connectivity index (χ3v) is 4.39. The summed E-state index contributed by atoms with van der Waals surface area (Å²) in [6, 6.07) is 11.1. The van der Waals surface area contributed by atoms with Gasteiger partial charge in [-0.2, -0.15) is 0 Å². The molecule has 1 aliphatic carbocycles. The van der Waals surface area contributed by atoms with E-state index in [9.17, 15) is 0 Å². The van der Waals surface area contributed by atoms with Crippen molar-refractivity contribution in [2.75, 3.05) is 6.54 Å². The van der Waals surface area contributed by atoms with Crippen molar-refractivity contribution in [2.24, 2.45) is 11.3 Å². The van der Waals surface area contributed by atoms with Gasteiger partial charge in [0.2, 0.25) is 0 Å². The van der Waals surface area contributed by atoms with Crippen LogP contribution in [0.2, 0.25) is 0 Å². The molecule has 0 saturated heterocycles. The predicted molar refractivity (Wildman–Crippen MR) is 80.0 cm³/mol. The van der Waals surface area contributed by atoms with E-state index in [0.29, 0.717) is 11.5 Å². The second kappa shape index (κ2) is 4.61. The topological polar surface area (TPSA) is 24.9 Å². The van der Waals surface area contributed by atoms with Gasteiger partial charge in [0.1, 0.15) is 0 Å². The molecule has 0 aliphatic heterocycles. The van der Waals surface area contributed by atoms with Crippen molar-refractivity contribution in [3.05, 3.63) is 42.1 Å². The summed E-state index contributed by atoms with van der Waals surface area (Å²) in [4.78, 5) is 4.60. The van der Waals surface area contributed by atoms with Crippen LogP contribution in [0.4, 0.5) is 0 Å². The summed E-state index contributed by atoms with van der Waals surface area (Å²) in [5.74, 6) is 0.732. The molecule has 1 heterocycles. The average Bonchev–Trinajstić information content (AvgIpc) is 3.04. The Bertz CT molecular complexity index is 589. The van der Waals surface area contributed by atoms with E-state index in [4.69, 9.17) is 0 Å². The van der Waals surface area contributed by atoms with Crippen molar-refractivity contribution in [2.45, 2.75) is 33.2 Å². The van der Waals surface area contributed by atoms with E-state index in [2.05, 4.69) is 55.3 Å². The average molecular weight is 254 g/mol. The van der Waals surface area contributed by atoms with Gasteiger partial charge in [-0.1, -0.05) is 39.0 Å². The van der Waals surface area contributed by atoms with E-state index in [1.165, 1.54) is 17.4 Å². The summed E-state index contributed by atoms with van der Waals surface area (Å²) in [6.07, 6.45) is 3.35. The van der Waals surface area contributed by atoms with Crippen LogP contribution in [0, 0.1) is 11.3 Å². The minimum atomic E-state index is 0.442. The number of hydrogen-bond donors (Lipinski definition) is 1. The Morgan fingerprint density at radius 2 is 2.11 bits per heavy atom. The van der Waals surface area contributed by atoms with Crippen LogP contribution in [0.3, 0.4) is 0 Å². The van der Waals surface area contributed by atoms with Gasteiger partial charge in [0.25, 0.3) is 0 Å². The zero-order valence-corrected chi connectivity index (χ0v) is 12.0. The minimum Gasteiger partial charge on any atom is -0.310 e. The lowest BCUT2D eigenvalue weighted by atomic mass is 9.97. The van der Waals surface area contributed by atoms with E-state index in [1.807, 2.05) is 12.3 Å². The van der Waals surface area contributed by atoms with Crippen LogP contribution >= 0.6 is 0 Å². The molecule has 1 saturated carbocycles. The molecule has 2 unspecified atom stereocenters. The minimum absolute atomic E-state index is 0.442. The van der Waals surface area contributed by atoms with Gasteiger partial charge in [0.15, 0.2) is 0 Å². The third-order valence-electron chi connectivity index (χ3n) is 4.39. The van der Waals surface area contributed by atoms with Crippen molar-refractivity contribution in [1.29, 1.82) is 0 Å². The van der Waals surface area contributed by atoms with E-state index in [1.54, 1.807) is 0 Å². The van der Waals surface area contributed by atoms with Crippen molar-refractivity contribution >= 4 is 10.9 Å². The second-order valence-corrected chi connectivity index (χ2v) is 6.30. The third kappa shape index (κ3) is 2.37. The smallest absolute Gasteiger partial charge is 0.0702 e. The molecular formula is C17H22N2. The van der Waals surface area contributed by atoms with Crippen LogP contribution in [0.5, 0.6) is 0 Å². The molecule has 0 amide bonds. The van der Waals surface area contributed by atoms with Gasteiger partial charge < -0.3 is 5.32 Å². The number of rotatable bonds is 4. The molecule has 2 atom stereocenters. The van der Waals surface area contributed by atoms with Crippen molar-refractivity contribution in [3.63, 3.8) is 0 Å². The Morgan fingerprint density at radius 1 is 1.37 bits per heavy atom. The van der Waals surface area contributed by atoms with E-state index < -0.39 is 0 Å². The lowest BCUT2D eigenvalue weighted by Crippen LogP contribution is -2.24. The first kappa shape index (κ1) is 12.6. The Hall–Kier alpha value is -1.41. The maximum absolute atomic E-state index is 4.60. The van der Waals surface area contributed by atoms with Crippen LogP contribution in [0.15, 0.2) is 36.5 Å². The fraction of sp³-hybridized carbons (Fsp3) is 0.471. The molecule has 1 N–H and O–H groups in total. The molecule has 3 rings (SSSR count). The molecule has 2 nitrogen and oxygen atoms in total. The molecule has 0 bridgehead atoms. The maximum atomic E-state index is 4.60. The van der Waals surface area contributed by atoms with Gasteiger partial charge in [-0.05, 0) is 42.0 Å². The normalized spacial score (nSPS) is 22.4. The number of pyridine rings is 1. The summed E-state index contributed by atoms with van der Waals surface area (Å²) in [6.45, 7) is 7.90. The molecule has 100 valence electrons. The van der Waals surface area contributed by atoms with Crippen molar-refractivity contribution in [1.82, 2.24) is 10.3 Å². The largest absolute Gasteiger partial charge is 0.310 e. The number of aromatic nitrogens is 1. The monoisotopic (exact) mass is 254 g/mol. The molecule has 2 heteroatoms. The van der Waals surface area contributed by atoms with Crippen LogP contribution in [-0.4, -0.2) is 11.5 Å². The lowest BCUT2D eigenvalue weighted by molar-refractivity contribution is 0.423. The highest BCUT2D eigenvalue weighted by Crippen LogP contribution is 2.57. The van der Waals surface area contributed by atoms with E-state index in [0.717, 1.165) is 18.0 Å². The molecule has 0 radical (unpaired) electrons. The number of benzene rings is 1. The van der Waals surface area contributed by atoms with Gasteiger partial charge in [0, 0.05) is 17.6 Å². The summed E-state index contributed by atoms with van der Waals surface area (Å²) >= 11 is 0. The fourth-order valence-electron chi connectivity index (χ4n) is 3.05. The highest BCUT2D eigenvalue weighted by atomic mass is 14.9. The molecular weight excluding hydrogens is 232 g/mol. The Balaban J connectivity index is 1.96. The number of fused-ring (bicyclic) bond motifs is 1. The number of hydrogen-bond acceptors (Lipinski definition) is 2. The zero-order valence-electron chi connectivity index (χ0n) is 12.0.